The Morgan fingerprint density at radius 1 is 0.962 bits per heavy atom. The van der Waals surface area contributed by atoms with Crippen molar-refractivity contribution in [3.8, 4) is 11.3 Å². The van der Waals surface area contributed by atoms with Gasteiger partial charge in [-0.3, -0.25) is 9.79 Å². The number of para-hydroxylation sites is 3. The van der Waals surface area contributed by atoms with E-state index in [-0.39, 0.29) is 5.56 Å². The second-order valence-corrected chi connectivity index (χ2v) is 6.12. The van der Waals surface area contributed by atoms with Gasteiger partial charge in [0.05, 0.1) is 16.7 Å². The zero-order chi connectivity index (χ0) is 17.9. The lowest BCUT2D eigenvalue weighted by atomic mass is 10.1. The lowest BCUT2D eigenvalue weighted by molar-refractivity contribution is 1.22. The fraction of sp³-hybridized carbons (Fsp3) is 0.0455. The Morgan fingerprint density at radius 2 is 1.77 bits per heavy atom. The third-order valence-corrected chi connectivity index (χ3v) is 4.15. The third kappa shape index (κ3) is 3.17. The van der Waals surface area contributed by atoms with Crippen LogP contribution in [0.3, 0.4) is 0 Å². The molecule has 0 spiro atoms. The standard InChI is InChI=1S/C22H17N3O/c1-15-7-6-8-16(13-15)14-23-18-10-3-2-9-17(18)21-22(26)25-20-12-5-4-11-19(20)24-21/h2-14H,1H3,(H,25,26). The number of hydrogen-bond acceptors (Lipinski definition) is 3. The number of nitrogens with zero attached hydrogens (tertiary/aromatic N) is 2. The zero-order valence-electron chi connectivity index (χ0n) is 14.3. The number of rotatable bonds is 3. The summed E-state index contributed by atoms with van der Waals surface area (Å²) in [5.41, 5.74) is 5.24. The summed E-state index contributed by atoms with van der Waals surface area (Å²) in [5, 5.41) is 0. The largest absolute Gasteiger partial charge is 0.319 e. The maximum Gasteiger partial charge on any atom is 0.275 e. The summed E-state index contributed by atoms with van der Waals surface area (Å²) in [7, 11) is 0. The Kier molecular flexibility index (Phi) is 4.15. The molecule has 0 fully saturated rings. The minimum atomic E-state index is -0.220. The van der Waals surface area contributed by atoms with Gasteiger partial charge in [0.2, 0.25) is 0 Å². The lowest BCUT2D eigenvalue weighted by Crippen LogP contribution is -2.11. The molecule has 0 aliphatic carbocycles. The number of aromatic amines is 1. The normalized spacial score (nSPS) is 11.3. The Balaban J connectivity index is 1.81. The predicted molar refractivity (Wildman–Crippen MR) is 106 cm³/mol. The zero-order valence-corrected chi connectivity index (χ0v) is 14.3. The van der Waals surface area contributed by atoms with E-state index in [2.05, 4.69) is 21.0 Å². The second kappa shape index (κ2) is 6.76. The molecule has 26 heavy (non-hydrogen) atoms. The molecule has 4 nitrogen and oxygen atoms in total. The number of hydrogen-bond donors (Lipinski definition) is 1. The maximum absolute atomic E-state index is 12.5. The van der Waals surface area contributed by atoms with E-state index in [1.807, 2.05) is 73.7 Å². The summed E-state index contributed by atoms with van der Waals surface area (Å²) >= 11 is 0. The molecule has 0 amide bonds. The van der Waals surface area contributed by atoms with Crippen LogP contribution in [0.2, 0.25) is 0 Å². The monoisotopic (exact) mass is 339 g/mol. The maximum atomic E-state index is 12.5. The van der Waals surface area contributed by atoms with Crippen LogP contribution < -0.4 is 5.56 Å². The van der Waals surface area contributed by atoms with Gasteiger partial charge in [0.15, 0.2) is 0 Å². The molecule has 0 aliphatic rings. The predicted octanol–water partition coefficient (Wildman–Crippen LogP) is 4.65. The summed E-state index contributed by atoms with van der Waals surface area (Å²) in [6.07, 6.45) is 1.81. The van der Waals surface area contributed by atoms with Crippen LogP contribution >= 0.6 is 0 Å². The van der Waals surface area contributed by atoms with Crippen molar-refractivity contribution in [3.63, 3.8) is 0 Å². The molecule has 126 valence electrons. The van der Waals surface area contributed by atoms with E-state index in [0.29, 0.717) is 16.9 Å². The first-order valence-electron chi connectivity index (χ1n) is 8.40. The van der Waals surface area contributed by atoms with Gasteiger partial charge in [-0.25, -0.2) is 4.98 Å². The fourth-order valence-corrected chi connectivity index (χ4v) is 2.89. The van der Waals surface area contributed by atoms with Crippen molar-refractivity contribution >= 4 is 22.9 Å². The summed E-state index contributed by atoms with van der Waals surface area (Å²) in [4.78, 5) is 24.6. The molecule has 0 saturated heterocycles. The molecule has 4 aromatic rings. The van der Waals surface area contributed by atoms with Crippen LogP contribution in [-0.4, -0.2) is 16.2 Å². The first kappa shape index (κ1) is 16.0. The Morgan fingerprint density at radius 3 is 2.65 bits per heavy atom. The molecule has 0 aliphatic heterocycles. The number of nitrogens with one attached hydrogen (secondary N) is 1. The molecule has 1 heterocycles. The Labute approximate surface area is 150 Å². The molecule has 3 aromatic carbocycles. The van der Waals surface area contributed by atoms with E-state index in [0.717, 1.165) is 16.6 Å². The van der Waals surface area contributed by atoms with Gasteiger partial charge < -0.3 is 4.98 Å². The number of fused-ring (bicyclic) bond motifs is 1. The lowest BCUT2D eigenvalue weighted by Gasteiger charge is -2.06. The number of benzene rings is 3. The van der Waals surface area contributed by atoms with E-state index in [1.54, 1.807) is 6.21 Å². The highest BCUT2D eigenvalue weighted by atomic mass is 16.1. The van der Waals surface area contributed by atoms with Crippen LogP contribution in [0.25, 0.3) is 22.3 Å². The van der Waals surface area contributed by atoms with Gasteiger partial charge in [0, 0.05) is 11.8 Å². The van der Waals surface area contributed by atoms with Crippen molar-refractivity contribution in [1.82, 2.24) is 9.97 Å². The van der Waals surface area contributed by atoms with E-state index < -0.39 is 0 Å². The van der Waals surface area contributed by atoms with Crippen molar-refractivity contribution in [2.45, 2.75) is 6.92 Å². The van der Waals surface area contributed by atoms with Gasteiger partial charge in [0.1, 0.15) is 5.69 Å². The summed E-state index contributed by atoms with van der Waals surface area (Å²) in [6.45, 7) is 2.05. The van der Waals surface area contributed by atoms with Gasteiger partial charge in [-0.1, -0.05) is 60.2 Å². The van der Waals surface area contributed by atoms with Gasteiger partial charge >= 0.3 is 0 Å². The highest BCUT2D eigenvalue weighted by Crippen LogP contribution is 2.27. The molecular formula is C22H17N3O. The molecule has 0 bridgehead atoms. The first-order valence-corrected chi connectivity index (χ1v) is 8.40. The molecule has 0 radical (unpaired) electrons. The average Bonchev–Trinajstić information content (AvgIpc) is 2.66. The molecule has 0 unspecified atom stereocenters. The van der Waals surface area contributed by atoms with Crippen molar-refractivity contribution in [3.05, 3.63) is 94.3 Å². The summed E-state index contributed by atoms with van der Waals surface area (Å²) in [5.74, 6) is 0. The molecular weight excluding hydrogens is 322 g/mol. The first-order chi connectivity index (χ1) is 12.7. The van der Waals surface area contributed by atoms with Gasteiger partial charge in [0.25, 0.3) is 5.56 Å². The Bertz CT molecular complexity index is 1180. The summed E-state index contributed by atoms with van der Waals surface area (Å²) < 4.78 is 0. The molecule has 0 atom stereocenters. The highest BCUT2D eigenvalue weighted by molar-refractivity contribution is 5.86. The number of aliphatic imine (C=N–C) groups is 1. The van der Waals surface area contributed by atoms with Crippen LogP contribution in [0.5, 0.6) is 0 Å². The fourth-order valence-electron chi connectivity index (χ4n) is 2.89. The SMILES string of the molecule is Cc1cccc(C=Nc2ccccc2-c2nc3ccccc3[nH]c2=O)c1. The molecule has 0 saturated carbocycles. The quantitative estimate of drug-likeness (QED) is 0.552. The van der Waals surface area contributed by atoms with Crippen molar-refractivity contribution < 1.29 is 0 Å². The molecule has 1 aromatic heterocycles. The minimum Gasteiger partial charge on any atom is -0.319 e. The van der Waals surface area contributed by atoms with E-state index in [1.165, 1.54) is 5.56 Å². The van der Waals surface area contributed by atoms with E-state index >= 15 is 0 Å². The number of aromatic nitrogens is 2. The van der Waals surface area contributed by atoms with E-state index in [4.69, 9.17) is 0 Å². The second-order valence-electron chi connectivity index (χ2n) is 6.12. The van der Waals surface area contributed by atoms with Gasteiger partial charge in [-0.05, 0) is 30.7 Å². The van der Waals surface area contributed by atoms with E-state index in [9.17, 15) is 4.79 Å². The van der Waals surface area contributed by atoms with Crippen LogP contribution in [0.15, 0.2) is 82.6 Å². The Hall–Kier alpha value is -3.53. The smallest absolute Gasteiger partial charge is 0.275 e. The number of H-pyrrole nitrogens is 1. The van der Waals surface area contributed by atoms with Crippen LogP contribution in [0.1, 0.15) is 11.1 Å². The minimum absolute atomic E-state index is 0.220. The molecule has 4 heteroatoms. The molecule has 4 rings (SSSR count). The molecule has 1 N–H and O–H groups in total. The van der Waals surface area contributed by atoms with Gasteiger partial charge in [-0.15, -0.1) is 0 Å². The average molecular weight is 339 g/mol. The van der Waals surface area contributed by atoms with Crippen molar-refractivity contribution in [2.24, 2.45) is 4.99 Å². The summed E-state index contributed by atoms with van der Waals surface area (Å²) in [6, 6.07) is 23.2. The van der Waals surface area contributed by atoms with Crippen LogP contribution in [0.4, 0.5) is 5.69 Å². The van der Waals surface area contributed by atoms with Gasteiger partial charge in [-0.2, -0.15) is 0 Å². The van der Waals surface area contributed by atoms with Crippen LogP contribution in [-0.2, 0) is 0 Å². The van der Waals surface area contributed by atoms with Crippen molar-refractivity contribution in [2.75, 3.05) is 0 Å². The highest BCUT2D eigenvalue weighted by Gasteiger charge is 2.11. The van der Waals surface area contributed by atoms with Crippen LogP contribution in [0, 0.1) is 6.92 Å². The van der Waals surface area contributed by atoms with Crippen molar-refractivity contribution in [1.29, 1.82) is 0 Å². The number of aryl methyl sites for hydroxylation is 1. The third-order valence-electron chi connectivity index (χ3n) is 4.15. The topological polar surface area (TPSA) is 58.1 Å².